The molecule has 0 atom stereocenters. The van der Waals surface area contributed by atoms with Gasteiger partial charge in [-0.15, -0.1) is 0 Å². The van der Waals surface area contributed by atoms with Crippen LogP contribution >= 0.6 is 0 Å². The van der Waals surface area contributed by atoms with E-state index < -0.39 is 0 Å². The minimum atomic E-state index is 0.101. The molecule has 1 fully saturated rings. The van der Waals surface area contributed by atoms with Crippen molar-refractivity contribution in [2.75, 3.05) is 0 Å². The quantitative estimate of drug-likeness (QED) is 0.589. The topological polar surface area (TPSA) is 17.1 Å². The maximum Gasteiger partial charge on any atom is 0.208 e. The zero-order chi connectivity index (χ0) is 9.10. The molecule has 0 N–H and O–H groups in total. The van der Waals surface area contributed by atoms with Gasteiger partial charge in [-0.25, -0.2) is 0 Å². The normalized spacial score (nSPS) is 14.5. The van der Waals surface area contributed by atoms with Crippen LogP contribution in [-0.4, -0.2) is 5.78 Å². The summed E-state index contributed by atoms with van der Waals surface area (Å²) in [5, 5.41) is 0. The number of rotatable bonds is 1. The molecule has 1 nitrogen and oxygen atoms in total. The molecular weight excluding hydrogens is 160 g/mol. The standard InChI is InChI=1S/C12H10O/c13-12(11-7-8-11)9-6-10-4-2-1-3-5-10/h1-5,11H,7-8H2. The number of benzene rings is 1. The van der Waals surface area contributed by atoms with E-state index in [1.54, 1.807) is 0 Å². The van der Waals surface area contributed by atoms with Crippen LogP contribution in [0.4, 0.5) is 0 Å². The molecular formula is C12H10O. The van der Waals surface area contributed by atoms with E-state index in [9.17, 15) is 4.79 Å². The Balaban J connectivity index is 2.07. The molecule has 1 heteroatoms. The van der Waals surface area contributed by atoms with Gasteiger partial charge in [-0.3, -0.25) is 4.79 Å². The summed E-state index contributed by atoms with van der Waals surface area (Å²) in [5.41, 5.74) is 0.913. The molecule has 13 heavy (non-hydrogen) atoms. The fourth-order valence-corrected chi connectivity index (χ4v) is 1.10. The molecule has 0 spiro atoms. The molecule has 1 aliphatic carbocycles. The molecule has 0 aliphatic heterocycles. The van der Waals surface area contributed by atoms with E-state index in [-0.39, 0.29) is 11.7 Å². The average Bonchev–Trinajstić information content (AvgIpc) is 2.99. The van der Waals surface area contributed by atoms with Gasteiger partial charge in [0.2, 0.25) is 5.78 Å². The van der Waals surface area contributed by atoms with Crippen molar-refractivity contribution >= 4 is 5.78 Å². The molecule has 1 saturated carbocycles. The summed E-state index contributed by atoms with van der Waals surface area (Å²) in [6, 6.07) is 9.60. The number of hydrogen-bond acceptors (Lipinski definition) is 1. The maximum atomic E-state index is 11.2. The van der Waals surface area contributed by atoms with E-state index in [1.165, 1.54) is 0 Å². The Labute approximate surface area is 77.8 Å². The van der Waals surface area contributed by atoms with E-state index in [1.807, 2.05) is 30.3 Å². The first-order valence-electron chi connectivity index (χ1n) is 4.47. The zero-order valence-corrected chi connectivity index (χ0v) is 7.29. The van der Waals surface area contributed by atoms with E-state index in [4.69, 9.17) is 0 Å². The molecule has 0 heterocycles. The Bertz CT molecular complexity index is 363. The average molecular weight is 170 g/mol. The molecule has 0 saturated heterocycles. The number of ketones is 1. The Morgan fingerprint density at radius 2 is 1.92 bits per heavy atom. The van der Waals surface area contributed by atoms with Gasteiger partial charge in [0, 0.05) is 11.5 Å². The summed E-state index contributed by atoms with van der Waals surface area (Å²) < 4.78 is 0. The van der Waals surface area contributed by atoms with Gasteiger partial charge in [0.25, 0.3) is 0 Å². The highest BCUT2D eigenvalue weighted by molar-refractivity contribution is 5.99. The van der Waals surface area contributed by atoms with Crippen molar-refractivity contribution in [1.29, 1.82) is 0 Å². The molecule has 2 rings (SSSR count). The van der Waals surface area contributed by atoms with Gasteiger partial charge in [0.05, 0.1) is 0 Å². The highest BCUT2D eigenvalue weighted by Gasteiger charge is 2.27. The molecule has 1 aromatic carbocycles. The third-order valence-electron chi connectivity index (χ3n) is 2.05. The van der Waals surface area contributed by atoms with Gasteiger partial charge in [-0.2, -0.15) is 0 Å². The van der Waals surface area contributed by atoms with E-state index >= 15 is 0 Å². The molecule has 1 aliphatic rings. The largest absolute Gasteiger partial charge is 0.285 e. The van der Waals surface area contributed by atoms with Gasteiger partial charge in [-0.1, -0.05) is 24.1 Å². The van der Waals surface area contributed by atoms with Gasteiger partial charge in [0.15, 0.2) is 0 Å². The third kappa shape index (κ3) is 2.19. The first-order chi connectivity index (χ1) is 6.36. The van der Waals surface area contributed by atoms with Crippen LogP contribution in [0.5, 0.6) is 0 Å². The van der Waals surface area contributed by atoms with Crippen molar-refractivity contribution in [3.63, 3.8) is 0 Å². The third-order valence-corrected chi connectivity index (χ3v) is 2.05. The lowest BCUT2D eigenvalue weighted by atomic mass is 10.2. The molecule has 0 amide bonds. The van der Waals surface area contributed by atoms with Crippen LogP contribution in [0.2, 0.25) is 0 Å². The smallest absolute Gasteiger partial charge is 0.208 e. The van der Waals surface area contributed by atoms with Crippen molar-refractivity contribution < 1.29 is 4.79 Å². The second-order valence-electron chi connectivity index (χ2n) is 3.25. The van der Waals surface area contributed by atoms with Crippen LogP contribution in [0.25, 0.3) is 0 Å². The highest BCUT2D eigenvalue weighted by atomic mass is 16.1. The van der Waals surface area contributed by atoms with Crippen LogP contribution in [0.15, 0.2) is 30.3 Å². The summed E-state index contributed by atoms with van der Waals surface area (Å²) >= 11 is 0. The Morgan fingerprint density at radius 1 is 1.23 bits per heavy atom. The van der Waals surface area contributed by atoms with Gasteiger partial charge < -0.3 is 0 Å². The summed E-state index contributed by atoms with van der Waals surface area (Å²) in [5.74, 6) is 5.89. The highest BCUT2D eigenvalue weighted by Crippen LogP contribution is 2.29. The lowest BCUT2D eigenvalue weighted by Gasteiger charge is -1.86. The zero-order valence-electron chi connectivity index (χ0n) is 7.29. The van der Waals surface area contributed by atoms with Crippen LogP contribution in [0.1, 0.15) is 18.4 Å². The Morgan fingerprint density at radius 3 is 2.54 bits per heavy atom. The Hall–Kier alpha value is -1.55. The fourth-order valence-electron chi connectivity index (χ4n) is 1.10. The number of hydrogen-bond donors (Lipinski definition) is 0. The van der Waals surface area contributed by atoms with Crippen molar-refractivity contribution in [1.82, 2.24) is 0 Å². The van der Waals surface area contributed by atoms with Crippen LogP contribution in [-0.2, 0) is 4.79 Å². The van der Waals surface area contributed by atoms with Crippen molar-refractivity contribution in [3.05, 3.63) is 35.9 Å². The minimum absolute atomic E-state index is 0.101. The van der Waals surface area contributed by atoms with E-state index in [0.29, 0.717) is 0 Å². The molecule has 0 bridgehead atoms. The van der Waals surface area contributed by atoms with E-state index in [0.717, 1.165) is 18.4 Å². The first-order valence-corrected chi connectivity index (χ1v) is 4.47. The Kier molecular flexibility index (Phi) is 2.14. The monoisotopic (exact) mass is 170 g/mol. The second kappa shape index (κ2) is 3.45. The second-order valence-corrected chi connectivity index (χ2v) is 3.25. The lowest BCUT2D eigenvalue weighted by Crippen LogP contribution is -1.94. The summed E-state index contributed by atoms with van der Waals surface area (Å²) in [6.45, 7) is 0. The van der Waals surface area contributed by atoms with Crippen molar-refractivity contribution in [2.24, 2.45) is 5.92 Å². The molecule has 1 aromatic rings. The first kappa shape index (κ1) is 8.07. The minimum Gasteiger partial charge on any atom is -0.285 e. The van der Waals surface area contributed by atoms with Crippen LogP contribution < -0.4 is 0 Å². The van der Waals surface area contributed by atoms with Gasteiger partial charge in [-0.05, 0) is 30.9 Å². The van der Waals surface area contributed by atoms with Crippen molar-refractivity contribution in [2.45, 2.75) is 12.8 Å². The van der Waals surface area contributed by atoms with E-state index in [2.05, 4.69) is 11.8 Å². The number of carbonyl (C=O) groups excluding carboxylic acids is 1. The SMILES string of the molecule is O=C(C#Cc1ccccc1)C1CC1. The molecule has 64 valence electrons. The fraction of sp³-hybridized carbons (Fsp3) is 0.250. The van der Waals surface area contributed by atoms with Gasteiger partial charge >= 0.3 is 0 Å². The maximum absolute atomic E-state index is 11.2. The molecule has 0 radical (unpaired) electrons. The molecule has 0 aromatic heterocycles. The predicted molar refractivity (Wildman–Crippen MR) is 51.1 cm³/mol. The summed E-state index contributed by atoms with van der Waals surface area (Å²) in [7, 11) is 0. The summed E-state index contributed by atoms with van der Waals surface area (Å²) in [4.78, 5) is 11.2. The lowest BCUT2D eigenvalue weighted by molar-refractivity contribution is -0.114. The molecule has 0 unspecified atom stereocenters. The number of carbonyl (C=O) groups is 1. The van der Waals surface area contributed by atoms with Crippen LogP contribution in [0, 0.1) is 17.8 Å². The summed E-state index contributed by atoms with van der Waals surface area (Å²) in [6.07, 6.45) is 2.06. The predicted octanol–water partition coefficient (Wildman–Crippen LogP) is 2.02. The van der Waals surface area contributed by atoms with Gasteiger partial charge in [0.1, 0.15) is 0 Å². The number of Topliss-reactive ketones (excluding diaryl/α,β-unsaturated/α-hetero) is 1. The van der Waals surface area contributed by atoms with Crippen LogP contribution in [0.3, 0.4) is 0 Å². The van der Waals surface area contributed by atoms with Crippen molar-refractivity contribution in [3.8, 4) is 11.8 Å².